The Labute approximate surface area is 121 Å². The summed E-state index contributed by atoms with van der Waals surface area (Å²) in [4.78, 5) is 0.270. The number of aryl methyl sites for hydroxylation is 1. The van der Waals surface area contributed by atoms with Crippen LogP contribution in [0.25, 0.3) is 0 Å². The Bertz CT molecular complexity index is 593. The summed E-state index contributed by atoms with van der Waals surface area (Å²) >= 11 is 0. The quantitative estimate of drug-likeness (QED) is 0.896. The van der Waals surface area contributed by atoms with Crippen LogP contribution in [0.2, 0.25) is 0 Å². The van der Waals surface area contributed by atoms with Gasteiger partial charge in [0.2, 0.25) is 10.0 Å². The van der Waals surface area contributed by atoms with Crippen LogP contribution in [0.1, 0.15) is 44.2 Å². The number of aliphatic hydroxyl groups is 1. The van der Waals surface area contributed by atoms with Gasteiger partial charge < -0.3 is 5.11 Å². The van der Waals surface area contributed by atoms with Crippen LogP contribution in [-0.2, 0) is 16.6 Å². The Hall–Kier alpha value is -0.910. The molecule has 112 valence electrons. The fourth-order valence-corrected chi connectivity index (χ4v) is 4.57. The molecule has 20 heavy (non-hydrogen) atoms. The Morgan fingerprint density at radius 3 is 2.65 bits per heavy atom. The van der Waals surface area contributed by atoms with Gasteiger partial charge in [0.1, 0.15) is 0 Å². The highest BCUT2D eigenvalue weighted by atomic mass is 32.2. The molecule has 4 nitrogen and oxygen atoms in total. The molecule has 1 fully saturated rings. The first-order valence-electron chi connectivity index (χ1n) is 6.99. The monoisotopic (exact) mass is 297 g/mol. The van der Waals surface area contributed by atoms with Crippen molar-refractivity contribution in [3.8, 4) is 0 Å². The lowest BCUT2D eigenvalue weighted by Gasteiger charge is -2.27. The van der Waals surface area contributed by atoms with Crippen molar-refractivity contribution in [1.29, 1.82) is 0 Å². The SMILES string of the molecule is Cc1ccc(CO)cc1S(=O)(=O)NC1CCCC1(C)C. The molecule has 0 aromatic heterocycles. The summed E-state index contributed by atoms with van der Waals surface area (Å²) < 4.78 is 28.0. The number of nitrogens with one attached hydrogen (secondary N) is 1. The standard InChI is InChI=1S/C15H23NO3S/c1-11-6-7-12(10-17)9-13(11)20(18,19)16-14-5-4-8-15(14,2)3/h6-7,9,14,16-17H,4-5,8,10H2,1-3H3. The Morgan fingerprint density at radius 1 is 1.40 bits per heavy atom. The predicted molar refractivity (Wildman–Crippen MR) is 78.8 cm³/mol. The van der Waals surface area contributed by atoms with Gasteiger partial charge in [-0.05, 0) is 42.4 Å². The molecule has 0 saturated heterocycles. The molecular weight excluding hydrogens is 274 g/mol. The zero-order valence-electron chi connectivity index (χ0n) is 12.3. The Morgan fingerprint density at radius 2 is 2.10 bits per heavy atom. The van der Waals surface area contributed by atoms with Gasteiger partial charge in [-0.25, -0.2) is 13.1 Å². The third kappa shape index (κ3) is 3.05. The van der Waals surface area contributed by atoms with Crippen LogP contribution in [0, 0.1) is 12.3 Å². The van der Waals surface area contributed by atoms with Crippen LogP contribution < -0.4 is 4.72 Å². The third-order valence-corrected chi connectivity index (χ3v) is 5.89. The lowest BCUT2D eigenvalue weighted by molar-refractivity contribution is 0.281. The smallest absolute Gasteiger partial charge is 0.241 e. The highest BCUT2D eigenvalue weighted by molar-refractivity contribution is 7.89. The predicted octanol–water partition coefficient (Wildman–Crippen LogP) is 2.34. The summed E-state index contributed by atoms with van der Waals surface area (Å²) in [6, 6.07) is 5.01. The Balaban J connectivity index is 2.31. The van der Waals surface area contributed by atoms with E-state index >= 15 is 0 Å². The summed E-state index contributed by atoms with van der Waals surface area (Å²) in [5, 5.41) is 9.17. The van der Waals surface area contributed by atoms with E-state index in [0.29, 0.717) is 11.1 Å². The van der Waals surface area contributed by atoms with Crippen molar-refractivity contribution in [2.24, 2.45) is 5.41 Å². The van der Waals surface area contributed by atoms with E-state index in [1.165, 1.54) is 0 Å². The maximum Gasteiger partial charge on any atom is 0.241 e. The first-order chi connectivity index (χ1) is 9.26. The molecule has 0 bridgehead atoms. The van der Waals surface area contributed by atoms with Crippen molar-refractivity contribution < 1.29 is 13.5 Å². The highest BCUT2D eigenvalue weighted by Crippen LogP contribution is 2.38. The van der Waals surface area contributed by atoms with Gasteiger partial charge in [0, 0.05) is 6.04 Å². The number of rotatable bonds is 4. The van der Waals surface area contributed by atoms with Crippen LogP contribution in [0.15, 0.2) is 23.1 Å². The molecule has 1 aromatic rings. The summed E-state index contributed by atoms with van der Waals surface area (Å²) in [6.45, 7) is 5.82. The maximum absolute atomic E-state index is 12.6. The molecule has 1 aromatic carbocycles. The third-order valence-electron chi connectivity index (χ3n) is 4.28. The number of sulfonamides is 1. The van der Waals surface area contributed by atoms with Crippen LogP contribution in [0.5, 0.6) is 0 Å². The van der Waals surface area contributed by atoms with E-state index < -0.39 is 10.0 Å². The van der Waals surface area contributed by atoms with Crippen molar-refractivity contribution in [3.63, 3.8) is 0 Å². The molecule has 0 radical (unpaired) electrons. The van der Waals surface area contributed by atoms with E-state index in [9.17, 15) is 13.5 Å². The van der Waals surface area contributed by atoms with Gasteiger partial charge in [-0.15, -0.1) is 0 Å². The van der Waals surface area contributed by atoms with Crippen LogP contribution in [-0.4, -0.2) is 19.6 Å². The lowest BCUT2D eigenvalue weighted by Crippen LogP contribution is -2.41. The van der Waals surface area contributed by atoms with Crippen molar-refractivity contribution in [3.05, 3.63) is 29.3 Å². The fourth-order valence-electron chi connectivity index (χ4n) is 2.83. The van der Waals surface area contributed by atoms with Crippen LogP contribution in [0.3, 0.4) is 0 Å². The minimum Gasteiger partial charge on any atom is -0.392 e. The molecule has 1 aliphatic rings. The zero-order chi connectivity index (χ0) is 15.0. The van der Waals surface area contributed by atoms with E-state index in [1.54, 1.807) is 25.1 Å². The molecule has 1 atom stereocenters. The number of hydrogen-bond acceptors (Lipinski definition) is 3. The summed E-state index contributed by atoms with van der Waals surface area (Å²) in [5.41, 5.74) is 1.31. The second-order valence-electron chi connectivity index (χ2n) is 6.31. The van der Waals surface area contributed by atoms with Gasteiger partial charge in [0.15, 0.2) is 0 Å². The van der Waals surface area contributed by atoms with Crippen molar-refractivity contribution in [2.75, 3.05) is 0 Å². The molecule has 0 aliphatic heterocycles. The molecule has 1 unspecified atom stereocenters. The zero-order valence-corrected chi connectivity index (χ0v) is 13.1. The average molecular weight is 297 g/mol. The summed E-state index contributed by atoms with van der Waals surface area (Å²) in [5.74, 6) is 0. The maximum atomic E-state index is 12.6. The van der Waals surface area contributed by atoms with Crippen LogP contribution >= 0.6 is 0 Å². The molecule has 1 aliphatic carbocycles. The van der Waals surface area contributed by atoms with E-state index in [2.05, 4.69) is 18.6 Å². The second kappa shape index (κ2) is 5.47. The van der Waals surface area contributed by atoms with E-state index in [1.807, 2.05) is 0 Å². The van der Waals surface area contributed by atoms with Crippen molar-refractivity contribution in [1.82, 2.24) is 4.72 Å². The first-order valence-corrected chi connectivity index (χ1v) is 8.47. The van der Waals surface area contributed by atoms with Gasteiger partial charge >= 0.3 is 0 Å². The second-order valence-corrected chi connectivity index (χ2v) is 8.00. The van der Waals surface area contributed by atoms with E-state index in [0.717, 1.165) is 19.3 Å². The molecule has 2 rings (SSSR count). The molecule has 1 saturated carbocycles. The number of aliphatic hydroxyl groups excluding tert-OH is 1. The average Bonchev–Trinajstić information content (AvgIpc) is 2.68. The van der Waals surface area contributed by atoms with E-state index in [-0.39, 0.29) is 23.0 Å². The molecular formula is C15H23NO3S. The van der Waals surface area contributed by atoms with Crippen LogP contribution in [0.4, 0.5) is 0 Å². The topological polar surface area (TPSA) is 66.4 Å². The van der Waals surface area contributed by atoms with Crippen molar-refractivity contribution >= 4 is 10.0 Å². The van der Waals surface area contributed by atoms with Gasteiger partial charge in [0.25, 0.3) is 0 Å². The molecule has 2 N–H and O–H groups in total. The van der Waals surface area contributed by atoms with E-state index in [4.69, 9.17) is 0 Å². The van der Waals surface area contributed by atoms with Crippen molar-refractivity contribution in [2.45, 2.75) is 57.6 Å². The normalized spacial score (nSPS) is 22.1. The van der Waals surface area contributed by atoms with Gasteiger partial charge in [0.05, 0.1) is 11.5 Å². The number of hydrogen-bond donors (Lipinski definition) is 2. The number of benzene rings is 1. The molecule has 0 amide bonds. The summed E-state index contributed by atoms with van der Waals surface area (Å²) in [6.07, 6.45) is 2.97. The van der Waals surface area contributed by atoms with Gasteiger partial charge in [-0.1, -0.05) is 32.4 Å². The largest absolute Gasteiger partial charge is 0.392 e. The fraction of sp³-hybridized carbons (Fsp3) is 0.600. The molecule has 0 spiro atoms. The molecule has 0 heterocycles. The first kappa shape index (κ1) is 15.5. The molecule has 5 heteroatoms. The van der Waals surface area contributed by atoms with Gasteiger partial charge in [-0.2, -0.15) is 0 Å². The highest BCUT2D eigenvalue weighted by Gasteiger charge is 2.37. The minimum atomic E-state index is -3.54. The summed E-state index contributed by atoms with van der Waals surface area (Å²) in [7, 11) is -3.54. The lowest BCUT2D eigenvalue weighted by atomic mass is 9.88. The minimum absolute atomic E-state index is 0.00440. The Kier molecular flexibility index (Phi) is 4.23. The van der Waals surface area contributed by atoms with Gasteiger partial charge in [-0.3, -0.25) is 0 Å².